The average Bonchev–Trinajstić information content (AvgIpc) is 2.71. The standard InChI is InChI=1S/C23H28N4O5/c1-14(2)32-19-10-9-18(11-16(19)4)24-21-25-22(30)27(13-20(28)29)23(31)26(21)12-17-7-5-15(3)6-8-17/h5-11,14,23,31H,12-13H2,1-4H3,(H,28,29)(H,24,25,30). The molecule has 1 fully saturated rings. The van der Waals surface area contributed by atoms with Crippen LogP contribution in [0.25, 0.3) is 0 Å². The molecule has 2 aromatic carbocycles. The van der Waals surface area contributed by atoms with E-state index in [1.165, 1.54) is 4.90 Å². The number of aliphatic hydroxyl groups is 1. The molecule has 0 radical (unpaired) electrons. The van der Waals surface area contributed by atoms with Crippen molar-refractivity contribution in [2.24, 2.45) is 4.99 Å². The number of carboxylic acid groups (broad SMARTS) is 1. The van der Waals surface area contributed by atoms with E-state index in [1.807, 2.05) is 58.0 Å². The van der Waals surface area contributed by atoms with Crippen LogP contribution in [0.3, 0.4) is 0 Å². The van der Waals surface area contributed by atoms with Crippen molar-refractivity contribution in [3.63, 3.8) is 0 Å². The summed E-state index contributed by atoms with van der Waals surface area (Å²) in [5, 5.41) is 22.6. The molecule has 170 valence electrons. The SMILES string of the molecule is Cc1ccc(CN2C(=Nc3ccc(OC(C)C)c(C)c3)NC(=O)N(CC(=O)O)C2O)cc1. The van der Waals surface area contributed by atoms with Crippen molar-refractivity contribution in [2.75, 3.05) is 6.54 Å². The maximum Gasteiger partial charge on any atom is 0.328 e. The van der Waals surface area contributed by atoms with Crippen LogP contribution < -0.4 is 10.1 Å². The van der Waals surface area contributed by atoms with Gasteiger partial charge in [0, 0.05) is 0 Å². The number of aliphatic hydroxyl groups excluding tert-OH is 1. The Morgan fingerprint density at radius 3 is 2.44 bits per heavy atom. The third-order valence-corrected chi connectivity index (χ3v) is 4.84. The first kappa shape index (κ1) is 23.1. The van der Waals surface area contributed by atoms with Crippen molar-refractivity contribution in [3.8, 4) is 5.75 Å². The number of nitrogens with one attached hydrogen (secondary N) is 1. The van der Waals surface area contributed by atoms with Crippen LogP contribution in [0.2, 0.25) is 0 Å². The molecule has 1 atom stereocenters. The molecule has 32 heavy (non-hydrogen) atoms. The third kappa shape index (κ3) is 5.55. The van der Waals surface area contributed by atoms with E-state index in [4.69, 9.17) is 9.84 Å². The number of urea groups is 1. The summed E-state index contributed by atoms with van der Waals surface area (Å²) in [7, 11) is 0. The molecular formula is C23H28N4O5. The van der Waals surface area contributed by atoms with Crippen molar-refractivity contribution in [3.05, 3.63) is 59.2 Å². The molecule has 1 saturated heterocycles. The molecule has 3 N–H and O–H groups in total. The van der Waals surface area contributed by atoms with Gasteiger partial charge in [-0.1, -0.05) is 29.8 Å². The highest BCUT2D eigenvalue weighted by molar-refractivity contribution is 6.00. The van der Waals surface area contributed by atoms with Crippen LogP contribution in [0.1, 0.15) is 30.5 Å². The van der Waals surface area contributed by atoms with Crippen LogP contribution in [0.4, 0.5) is 10.5 Å². The second kappa shape index (κ2) is 9.69. The van der Waals surface area contributed by atoms with Crippen molar-refractivity contribution in [1.82, 2.24) is 15.1 Å². The molecule has 1 aliphatic rings. The van der Waals surface area contributed by atoms with Crippen LogP contribution in [0, 0.1) is 13.8 Å². The predicted molar refractivity (Wildman–Crippen MR) is 120 cm³/mol. The molecule has 3 rings (SSSR count). The van der Waals surface area contributed by atoms with E-state index in [0.29, 0.717) is 5.69 Å². The fourth-order valence-corrected chi connectivity index (χ4v) is 3.27. The second-order valence-electron chi connectivity index (χ2n) is 7.96. The fraction of sp³-hybridized carbons (Fsp3) is 0.348. The highest BCUT2D eigenvalue weighted by Crippen LogP contribution is 2.26. The zero-order valence-electron chi connectivity index (χ0n) is 18.6. The number of ether oxygens (including phenoxy) is 1. The molecule has 9 heteroatoms. The first-order valence-corrected chi connectivity index (χ1v) is 10.3. The number of benzene rings is 2. The van der Waals surface area contributed by atoms with E-state index in [0.717, 1.165) is 27.3 Å². The number of aliphatic imine (C=N–C) groups is 1. The summed E-state index contributed by atoms with van der Waals surface area (Å²) < 4.78 is 5.75. The van der Waals surface area contributed by atoms with Gasteiger partial charge in [-0.3, -0.25) is 19.9 Å². The zero-order chi connectivity index (χ0) is 23.4. The number of carboxylic acids is 1. The van der Waals surface area contributed by atoms with Crippen LogP contribution in [0.15, 0.2) is 47.5 Å². The van der Waals surface area contributed by atoms with Crippen LogP contribution in [-0.2, 0) is 11.3 Å². The molecule has 9 nitrogen and oxygen atoms in total. The van der Waals surface area contributed by atoms with Gasteiger partial charge in [0.1, 0.15) is 12.3 Å². The molecule has 2 aromatic rings. The predicted octanol–water partition coefficient (Wildman–Crippen LogP) is 2.97. The minimum absolute atomic E-state index is 0.0314. The smallest absolute Gasteiger partial charge is 0.328 e. The lowest BCUT2D eigenvalue weighted by molar-refractivity contribution is -0.143. The zero-order valence-corrected chi connectivity index (χ0v) is 18.6. The Labute approximate surface area is 186 Å². The van der Waals surface area contributed by atoms with E-state index in [2.05, 4.69) is 10.3 Å². The number of rotatable bonds is 7. The molecule has 2 amide bonds. The minimum atomic E-state index is -1.50. The third-order valence-electron chi connectivity index (χ3n) is 4.84. The summed E-state index contributed by atoms with van der Waals surface area (Å²) in [4.78, 5) is 30.5. The number of hydrogen-bond donors (Lipinski definition) is 3. The van der Waals surface area contributed by atoms with Gasteiger partial charge in [0.15, 0.2) is 0 Å². The summed E-state index contributed by atoms with van der Waals surface area (Å²) in [5.74, 6) is -0.367. The largest absolute Gasteiger partial charge is 0.491 e. The molecule has 0 bridgehead atoms. The molecule has 1 heterocycles. The summed E-state index contributed by atoms with van der Waals surface area (Å²) in [5.41, 5.74) is 3.38. The first-order chi connectivity index (χ1) is 15.1. The molecule has 0 saturated carbocycles. The Morgan fingerprint density at radius 2 is 1.84 bits per heavy atom. The number of carbonyl (C=O) groups is 2. The number of guanidine groups is 1. The van der Waals surface area contributed by atoms with Gasteiger partial charge in [-0.05, 0) is 57.0 Å². The van der Waals surface area contributed by atoms with Gasteiger partial charge in [0.05, 0.1) is 18.3 Å². The second-order valence-corrected chi connectivity index (χ2v) is 7.96. The topological polar surface area (TPSA) is 115 Å². The maximum atomic E-state index is 12.5. The highest BCUT2D eigenvalue weighted by atomic mass is 16.5. The van der Waals surface area contributed by atoms with Crippen LogP contribution in [0.5, 0.6) is 5.75 Å². The van der Waals surface area contributed by atoms with Gasteiger partial charge >= 0.3 is 12.0 Å². The quantitative estimate of drug-likeness (QED) is 0.610. The lowest BCUT2D eigenvalue weighted by Gasteiger charge is -2.41. The molecule has 1 aliphatic heterocycles. The Hall–Kier alpha value is -3.59. The summed E-state index contributed by atoms with van der Waals surface area (Å²) >= 11 is 0. The summed E-state index contributed by atoms with van der Waals surface area (Å²) in [6.07, 6.45) is -1.46. The van der Waals surface area contributed by atoms with Crippen LogP contribution in [-0.4, -0.2) is 57.0 Å². The van der Waals surface area contributed by atoms with Gasteiger partial charge in [-0.25, -0.2) is 9.79 Å². The number of aliphatic carboxylic acids is 1. The van der Waals surface area contributed by atoms with Gasteiger partial charge in [-0.2, -0.15) is 0 Å². The molecule has 1 unspecified atom stereocenters. The van der Waals surface area contributed by atoms with Crippen LogP contribution >= 0.6 is 0 Å². The summed E-state index contributed by atoms with van der Waals surface area (Å²) in [6.45, 7) is 7.32. The lowest BCUT2D eigenvalue weighted by atomic mass is 10.1. The average molecular weight is 441 g/mol. The Balaban J connectivity index is 1.95. The Kier molecular flexibility index (Phi) is 6.99. The van der Waals surface area contributed by atoms with Crippen molar-refractivity contribution in [1.29, 1.82) is 0 Å². The summed E-state index contributed by atoms with van der Waals surface area (Å²) in [6, 6.07) is 12.3. The van der Waals surface area contributed by atoms with E-state index < -0.39 is 24.9 Å². The lowest BCUT2D eigenvalue weighted by Crippen LogP contribution is -2.66. The van der Waals surface area contributed by atoms with Crippen molar-refractivity contribution < 1.29 is 24.5 Å². The highest BCUT2D eigenvalue weighted by Gasteiger charge is 2.37. The van der Waals surface area contributed by atoms with Gasteiger partial charge in [0.2, 0.25) is 12.3 Å². The Morgan fingerprint density at radius 1 is 1.16 bits per heavy atom. The van der Waals surface area contributed by atoms with Gasteiger partial charge < -0.3 is 14.9 Å². The molecule has 0 aromatic heterocycles. The van der Waals surface area contributed by atoms with Crippen molar-refractivity contribution >= 4 is 23.6 Å². The van der Waals surface area contributed by atoms with E-state index >= 15 is 0 Å². The number of amides is 2. The number of hydrogen-bond acceptors (Lipinski definition) is 5. The van der Waals surface area contributed by atoms with Gasteiger partial charge in [-0.15, -0.1) is 0 Å². The van der Waals surface area contributed by atoms with Crippen molar-refractivity contribution in [2.45, 2.75) is 46.7 Å². The van der Waals surface area contributed by atoms with E-state index in [9.17, 15) is 14.7 Å². The normalized spacial score (nSPS) is 17.6. The number of nitrogens with zero attached hydrogens (tertiary/aromatic N) is 3. The number of aryl methyl sites for hydroxylation is 2. The monoisotopic (exact) mass is 440 g/mol. The Bertz CT molecular complexity index is 1020. The molecule has 0 aliphatic carbocycles. The number of carbonyl (C=O) groups excluding carboxylic acids is 1. The van der Waals surface area contributed by atoms with E-state index in [1.54, 1.807) is 12.1 Å². The first-order valence-electron chi connectivity index (χ1n) is 10.3. The molecule has 0 spiro atoms. The maximum absolute atomic E-state index is 12.5. The van der Waals surface area contributed by atoms with Gasteiger partial charge in [0.25, 0.3) is 0 Å². The van der Waals surface area contributed by atoms with E-state index in [-0.39, 0.29) is 18.6 Å². The fourth-order valence-electron chi connectivity index (χ4n) is 3.27. The molecular weight excluding hydrogens is 412 g/mol. The minimum Gasteiger partial charge on any atom is -0.491 e.